The summed E-state index contributed by atoms with van der Waals surface area (Å²) in [5, 5.41) is 6.17. The maximum absolute atomic E-state index is 12.6. The number of nitrogens with one attached hydrogen (secondary N) is 2. The lowest BCUT2D eigenvalue weighted by Crippen LogP contribution is -2.36. The van der Waals surface area contributed by atoms with Crippen LogP contribution < -0.4 is 15.4 Å². The minimum atomic E-state index is -0.329. The Kier molecular flexibility index (Phi) is 8.20. The first-order chi connectivity index (χ1) is 14.3. The van der Waals surface area contributed by atoms with Crippen LogP contribution in [0.15, 0.2) is 39.3 Å². The number of benzene rings is 2. The van der Waals surface area contributed by atoms with Crippen molar-refractivity contribution >= 4 is 61.0 Å². The molecule has 2 aromatic rings. The molecule has 0 aromatic heterocycles. The summed E-state index contributed by atoms with van der Waals surface area (Å²) in [6.07, 6.45) is 5.45. The van der Waals surface area contributed by atoms with Crippen molar-refractivity contribution in [2.75, 3.05) is 11.9 Å². The van der Waals surface area contributed by atoms with E-state index < -0.39 is 0 Å². The average molecular weight is 559 g/mol. The fourth-order valence-corrected chi connectivity index (χ4v) is 5.25. The van der Waals surface area contributed by atoms with Gasteiger partial charge in [0, 0.05) is 16.2 Å². The first-order valence-corrected chi connectivity index (χ1v) is 11.8. The molecule has 0 atom stereocenters. The summed E-state index contributed by atoms with van der Waals surface area (Å²) in [4.78, 5) is 25.0. The van der Waals surface area contributed by atoms with Crippen molar-refractivity contribution in [3.8, 4) is 5.75 Å². The van der Waals surface area contributed by atoms with Crippen LogP contribution in [0.3, 0.4) is 0 Å². The first kappa shape index (κ1) is 23.1. The van der Waals surface area contributed by atoms with Crippen LogP contribution >= 0.6 is 43.5 Å². The highest BCUT2D eigenvalue weighted by Crippen LogP contribution is 2.32. The lowest BCUT2D eigenvalue weighted by Gasteiger charge is -2.23. The molecule has 0 heterocycles. The number of ether oxygens (including phenoxy) is 1. The Balaban J connectivity index is 1.61. The lowest BCUT2D eigenvalue weighted by molar-refractivity contribution is -0.118. The Hall–Kier alpha value is -1.57. The van der Waals surface area contributed by atoms with Crippen LogP contribution in [0.5, 0.6) is 5.75 Å². The maximum Gasteiger partial charge on any atom is 0.262 e. The number of carbonyl (C=O) groups excluding carboxylic acids is 2. The summed E-state index contributed by atoms with van der Waals surface area (Å²) in [6, 6.07) is 8.83. The minimum absolute atomic E-state index is 0.159. The summed E-state index contributed by atoms with van der Waals surface area (Å²) in [5.41, 5.74) is 1.75. The van der Waals surface area contributed by atoms with Gasteiger partial charge in [-0.2, -0.15) is 0 Å². The molecule has 1 aliphatic carbocycles. The average Bonchev–Trinajstić information content (AvgIpc) is 2.69. The van der Waals surface area contributed by atoms with Gasteiger partial charge in [0.15, 0.2) is 6.61 Å². The third-order valence-corrected chi connectivity index (χ3v) is 6.35. The van der Waals surface area contributed by atoms with E-state index in [0.717, 1.165) is 40.2 Å². The minimum Gasteiger partial charge on any atom is -0.482 e. The highest BCUT2D eigenvalue weighted by Gasteiger charge is 2.19. The van der Waals surface area contributed by atoms with Crippen molar-refractivity contribution in [1.82, 2.24) is 5.32 Å². The number of aryl methyl sites for hydroxylation is 1. The molecule has 0 bridgehead atoms. The van der Waals surface area contributed by atoms with Crippen molar-refractivity contribution in [3.05, 3.63) is 55.4 Å². The molecule has 0 spiro atoms. The van der Waals surface area contributed by atoms with Crippen LogP contribution in [0, 0.1) is 6.92 Å². The Labute approximate surface area is 198 Å². The van der Waals surface area contributed by atoms with Crippen molar-refractivity contribution in [2.24, 2.45) is 0 Å². The van der Waals surface area contributed by atoms with Crippen molar-refractivity contribution in [2.45, 2.75) is 45.1 Å². The van der Waals surface area contributed by atoms with Gasteiger partial charge >= 0.3 is 0 Å². The standard InChI is InChI=1S/C22H23Br2ClN2O3/c1-13-9-14(23)10-18(24)21(13)30-12-20(28)26-16-7-8-19(25)17(11-16)22(29)27-15-5-3-2-4-6-15/h7-11,15H,2-6,12H2,1H3,(H,26,28)(H,27,29). The second-order valence-corrected chi connectivity index (χ2v) is 9.55. The highest BCUT2D eigenvalue weighted by molar-refractivity contribution is 9.11. The quantitative estimate of drug-likeness (QED) is 0.440. The number of carbonyl (C=O) groups is 2. The van der Waals surface area contributed by atoms with E-state index in [1.807, 2.05) is 19.1 Å². The van der Waals surface area contributed by atoms with Crippen LogP contribution in [-0.2, 0) is 4.79 Å². The second kappa shape index (κ2) is 10.6. The predicted molar refractivity (Wildman–Crippen MR) is 126 cm³/mol. The molecule has 5 nitrogen and oxygen atoms in total. The molecule has 2 amide bonds. The van der Waals surface area contributed by atoms with Crippen LogP contribution in [0.2, 0.25) is 5.02 Å². The summed E-state index contributed by atoms with van der Waals surface area (Å²) >= 11 is 13.1. The SMILES string of the molecule is Cc1cc(Br)cc(Br)c1OCC(=O)Nc1ccc(Cl)c(C(=O)NC2CCCCC2)c1. The topological polar surface area (TPSA) is 67.4 Å². The van der Waals surface area contributed by atoms with Crippen LogP contribution in [0.4, 0.5) is 5.69 Å². The van der Waals surface area contributed by atoms with E-state index >= 15 is 0 Å². The fourth-order valence-electron chi connectivity index (χ4n) is 3.49. The van der Waals surface area contributed by atoms with E-state index in [2.05, 4.69) is 42.5 Å². The molecular weight excluding hydrogens is 536 g/mol. The lowest BCUT2D eigenvalue weighted by atomic mass is 9.95. The van der Waals surface area contributed by atoms with E-state index in [1.54, 1.807) is 18.2 Å². The molecule has 3 rings (SSSR count). The third kappa shape index (κ3) is 6.22. The summed E-state index contributed by atoms with van der Waals surface area (Å²) in [6.45, 7) is 1.74. The maximum atomic E-state index is 12.6. The zero-order valence-electron chi connectivity index (χ0n) is 16.6. The Morgan fingerprint density at radius 2 is 1.87 bits per heavy atom. The molecule has 1 aliphatic rings. The molecule has 2 N–H and O–H groups in total. The number of halogens is 3. The molecule has 0 unspecified atom stereocenters. The number of amides is 2. The fraction of sp³-hybridized carbons (Fsp3) is 0.364. The van der Waals surface area contributed by atoms with Gasteiger partial charge in [0.2, 0.25) is 0 Å². The van der Waals surface area contributed by atoms with Gasteiger partial charge in [0.05, 0.1) is 15.1 Å². The van der Waals surface area contributed by atoms with Gasteiger partial charge in [-0.1, -0.05) is 46.8 Å². The molecule has 8 heteroatoms. The number of hydrogen-bond acceptors (Lipinski definition) is 3. The van der Waals surface area contributed by atoms with Gasteiger partial charge in [-0.3, -0.25) is 9.59 Å². The largest absolute Gasteiger partial charge is 0.482 e. The van der Waals surface area contributed by atoms with Crippen LogP contribution in [0.1, 0.15) is 48.0 Å². The Morgan fingerprint density at radius 3 is 2.57 bits per heavy atom. The molecule has 2 aromatic carbocycles. The highest BCUT2D eigenvalue weighted by atomic mass is 79.9. The monoisotopic (exact) mass is 556 g/mol. The Morgan fingerprint density at radius 1 is 1.13 bits per heavy atom. The summed E-state index contributed by atoms with van der Waals surface area (Å²) < 4.78 is 7.35. The molecule has 1 saturated carbocycles. The van der Waals surface area contributed by atoms with E-state index in [9.17, 15) is 9.59 Å². The van der Waals surface area contributed by atoms with Gasteiger partial charge in [0.1, 0.15) is 5.75 Å². The smallest absolute Gasteiger partial charge is 0.262 e. The van der Waals surface area contributed by atoms with E-state index in [4.69, 9.17) is 16.3 Å². The van der Waals surface area contributed by atoms with Gasteiger partial charge in [0.25, 0.3) is 11.8 Å². The zero-order chi connectivity index (χ0) is 21.7. The predicted octanol–water partition coefficient (Wildman–Crippen LogP) is 6.25. The number of hydrogen-bond donors (Lipinski definition) is 2. The first-order valence-electron chi connectivity index (χ1n) is 9.82. The van der Waals surface area contributed by atoms with Crippen LogP contribution in [-0.4, -0.2) is 24.5 Å². The molecule has 0 aliphatic heterocycles. The third-order valence-electron chi connectivity index (χ3n) is 4.98. The van der Waals surface area contributed by atoms with Crippen molar-refractivity contribution < 1.29 is 14.3 Å². The van der Waals surface area contributed by atoms with E-state index in [-0.39, 0.29) is 24.5 Å². The summed E-state index contributed by atoms with van der Waals surface area (Å²) in [7, 11) is 0. The van der Waals surface area contributed by atoms with E-state index in [1.165, 1.54) is 6.42 Å². The van der Waals surface area contributed by atoms with Crippen molar-refractivity contribution in [1.29, 1.82) is 0 Å². The van der Waals surface area contributed by atoms with Gasteiger partial charge in [-0.25, -0.2) is 0 Å². The molecular formula is C22H23Br2ClN2O3. The zero-order valence-corrected chi connectivity index (χ0v) is 20.5. The molecule has 0 saturated heterocycles. The normalized spacial score (nSPS) is 14.3. The van der Waals surface area contributed by atoms with Crippen LogP contribution in [0.25, 0.3) is 0 Å². The summed E-state index contributed by atoms with van der Waals surface area (Å²) in [5.74, 6) is 0.0656. The number of rotatable bonds is 6. The Bertz CT molecular complexity index is 923. The molecule has 1 fully saturated rings. The van der Waals surface area contributed by atoms with E-state index in [0.29, 0.717) is 22.0 Å². The molecule has 160 valence electrons. The van der Waals surface area contributed by atoms with Gasteiger partial charge in [-0.05, 0) is 71.6 Å². The van der Waals surface area contributed by atoms with Crippen molar-refractivity contribution in [3.63, 3.8) is 0 Å². The number of anilines is 1. The molecule has 30 heavy (non-hydrogen) atoms. The second-order valence-electron chi connectivity index (χ2n) is 7.37. The van der Waals surface area contributed by atoms with Gasteiger partial charge < -0.3 is 15.4 Å². The van der Waals surface area contributed by atoms with Gasteiger partial charge in [-0.15, -0.1) is 0 Å². The molecule has 0 radical (unpaired) electrons.